The van der Waals surface area contributed by atoms with Crippen LogP contribution in [0.4, 0.5) is 0 Å². The van der Waals surface area contributed by atoms with Crippen molar-refractivity contribution in [3.05, 3.63) is 47.5 Å². The first-order chi connectivity index (χ1) is 10.9. The quantitative estimate of drug-likeness (QED) is 0.781. The fourth-order valence-corrected chi connectivity index (χ4v) is 2.80. The summed E-state index contributed by atoms with van der Waals surface area (Å²) in [6.45, 7) is 8.47. The molecule has 120 valence electrons. The number of aryl methyl sites for hydroxylation is 1. The van der Waals surface area contributed by atoms with Gasteiger partial charge in [-0.1, -0.05) is 52.3 Å². The summed E-state index contributed by atoms with van der Waals surface area (Å²) in [4.78, 5) is 1.55. The lowest BCUT2D eigenvalue weighted by Crippen LogP contribution is -2.14. The molecule has 0 aliphatic rings. The molecule has 1 aromatic heterocycles. The maximum Gasteiger partial charge on any atom is 0.146 e. The van der Waals surface area contributed by atoms with Crippen LogP contribution in [-0.4, -0.2) is 20.1 Å². The Morgan fingerprint density at radius 1 is 1.04 bits per heavy atom. The van der Waals surface area contributed by atoms with Crippen molar-refractivity contribution >= 4 is 11.0 Å². The van der Waals surface area contributed by atoms with Crippen molar-refractivity contribution in [3.63, 3.8) is 0 Å². The molecule has 0 saturated carbocycles. The zero-order valence-corrected chi connectivity index (χ0v) is 14.2. The number of phenols is 1. The predicted octanol–water partition coefficient (Wildman–Crippen LogP) is 4.38. The number of hydrogen-bond donors (Lipinski definition) is 1. The highest BCUT2D eigenvalue weighted by molar-refractivity contribution is 5.73. The van der Waals surface area contributed by atoms with Crippen LogP contribution in [0.1, 0.15) is 45.2 Å². The molecule has 3 aromatic rings. The van der Waals surface area contributed by atoms with Gasteiger partial charge < -0.3 is 5.11 Å². The second-order valence-corrected chi connectivity index (χ2v) is 6.99. The van der Waals surface area contributed by atoms with Crippen LogP contribution in [0.5, 0.6) is 5.75 Å². The maximum atomic E-state index is 10.8. The first-order valence-corrected chi connectivity index (χ1v) is 8.09. The van der Waals surface area contributed by atoms with E-state index < -0.39 is 0 Å². The van der Waals surface area contributed by atoms with Crippen molar-refractivity contribution in [1.82, 2.24) is 15.0 Å². The molecule has 2 aromatic carbocycles. The monoisotopic (exact) mass is 309 g/mol. The molecule has 1 heterocycles. The lowest BCUT2D eigenvalue weighted by Gasteiger charge is -2.23. The molecule has 0 saturated heterocycles. The standard InChI is InChI=1S/C19H23N3O/c1-5-8-13-11-14(19(2,3)4)18(23)17(12-13)22-20-15-9-6-7-10-16(15)21-22/h6-7,9-12,23H,5,8H2,1-4H3. The Kier molecular flexibility index (Phi) is 3.84. The van der Waals surface area contributed by atoms with E-state index in [1.165, 1.54) is 5.56 Å². The van der Waals surface area contributed by atoms with Crippen molar-refractivity contribution in [2.24, 2.45) is 0 Å². The van der Waals surface area contributed by atoms with Gasteiger partial charge in [0.25, 0.3) is 0 Å². The van der Waals surface area contributed by atoms with Gasteiger partial charge in [0.05, 0.1) is 0 Å². The molecule has 0 aliphatic heterocycles. The van der Waals surface area contributed by atoms with Crippen molar-refractivity contribution in [1.29, 1.82) is 0 Å². The molecule has 4 nitrogen and oxygen atoms in total. The Morgan fingerprint density at radius 3 is 2.17 bits per heavy atom. The van der Waals surface area contributed by atoms with Crippen LogP contribution in [0.25, 0.3) is 16.7 Å². The van der Waals surface area contributed by atoms with E-state index in [2.05, 4.69) is 44.0 Å². The van der Waals surface area contributed by atoms with E-state index >= 15 is 0 Å². The van der Waals surface area contributed by atoms with Gasteiger partial charge in [-0.3, -0.25) is 0 Å². The van der Waals surface area contributed by atoms with Crippen LogP contribution in [0.3, 0.4) is 0 Å². The van der Waals surface area contributed by atoms with Crippen LogP contribution in [-0.2, 0) is 11.8 Å². The Hall–Kier alpha value is -2.36. The summed E-state index contributed by atoms with van der Waals surface area (Å²) in [5.74, 6) is 0.262. The minimum atomic E-state index is -0.144. The Morgan fingerprint density at radius 2 is 1.65 bits per heavy atom. The molecule has 3 rings (SSSR count). The SMILES string of the molecule is CCCc1cc(-n2nc3ccccc3n2)c(O)c(C(C)(C)C)c1. The summed E-state index contributed by atoms with van der Waals surface area (Å²) >= 11 is 0. The molecule has 0 unspecified atom stereocenters. The van der Waals surface area contributed by atoms with Gasteiger partial charge in [0.15, 0.2) is 0 Å². The predicted molar refractivity (Wildman–Crippen MR) is 93.2 cm³/mol. The van der Waals surface area contributed by atoms with Crippen LogP contribution in [0.2, 0.25) is 0 Å². The minimum Gasteiger partial charge on any atom is -0.505 e. The Bertz CT molecular complexity index is 810. The summed E-state index contributed by atoms with van der Waals surface area (Å²) < 4.78 is 0. The zero-order valence-electron chi connectivity index (χ0n) is 14.2. The molecular weight excluding hydrogens is 286 g/mol. The van der Waals surface area contributed by atoms with Gasteiger partial charge in [0, 0.05) is 5.56 Å². The highest BCUT2D eigenvalue weighted by atomic mass is 16.3. The second kappa shape index (κ2) is 5.69. The average molecular weight is 309 g/mol. The summed E-state index contributed by atoms with van der Waals surface area (Å²) in [6.07, 6.45) is 2.03. The van der Waals surface area contributed by atoms with Crippen LogP contribution >= 0.6 is 0 Å². The number of nitrogens with zero attached hydrogens (tertiary/aromatic N) is 3. The van der Waals surface area contributed by atoms with Crippen molar-refractivity contribution in [2.75, 3.05) is 0 Å². The Balaban J connectivity index is 2.22. The number of fused-ring (bicyclic) bond motifs is 1. The molecule has 23 heavy (non-hydrogen) atoms. The van der Waals surface area contributed by atoms with Gasteiger partial charge in [-0.2, -0.15) is 0 Å². The van der Waals surface area contributed by atoms with E-state index in [1.54, 1.807) is 4.80 Å². The Labute approximate surface area is 136 Å². The van der Waals surface area contributed by atoms with Crippen molar-refractivity contribution < 1.29 is 5.11 Å². The number of aromatic hydroxyl groups is 1. The van der Waals surface area contributed by atoms with Crippen LogP contribution in [0, 0.1) is 0 Å². The number of hydrogen-bond acceptors (Lipinski definition) is 3. The minimum absolute atomic E-state index is 0.144. The van der Waals surface area contributed by atoms with E-state index in [-0.39, 0.29) is 11.2 Å². The molecule has 0 aliphatic carbocycles. The van der Waals surface area contributed by atoms with Crippen molar-refractivity contribution in [2.45, 2.75) is 46.0 Å². The molecule has 4 heteroatoms. The molecular formula is C19H23N3O. The van der Waals surface area contributed by atoms with Gasteiger partial charge in [0.2, 0.25) is 0 Å². The number of rotatable bonds is 3. The number of phenolic OH excluding ortho intramolecular Hbond substituents is 1. The van der Waals surface area contributed by atoms with E-state index in [0.29, 0.717) is 5.69 Å². The first-order valence-electron chi connectivity index (χ1n) is 8.09. The van der Waals surface area contributed by atoms with Gasteiger partial charge in [-0.15, -0.1) is 15.0 Å². The zero-order chi connectivity index (χ0) is 16.6. The normalized spacial score (nSPS) is 12.0. The third-order valence-corrected chi connectivity index (χ3v) is 4.00. The fraction of sp³-hybridized carbons (Fsp3) is 0.368. The number of aromatic nitrogens is 3. The molecule has 0 spiro atoms. The average Bonchev–Trinajstić information content (AvgIpc) is 2.91. The smallest absolute Gasteiger partial charge is 0.146 e. The summed E-state index contributed by atoms with van der Waals surface area (Å²) in [5.41, 5.74) is 4.29. The summed E-state index contributed by atoms with van der Waals surface area (Å²) in [6, 6.07) is 11.8. The molecule has 0 bridgehead atoms. The fourth-order valence-electron chi connectivity index (χ4n) is 2.80. The van der Waals surface area contributed by atoms with Crippen LogP contribution < -0.4 is 0 Å². The van der Waals surface area contributed by atoms with Crippen molar-refractivity contribution in [3.8, 4) is 11.4 Å². The van der Waals surface area contributed by atoms with E-state index in [0.717, 1.165) is 29.4 Å². The molecule has 0 radical (unpaired) electrons. The third kappa shape index (κ3) is 2.93. The summed E-state index contributed by atoms with van der Waals surface area (Å²) in [5, 5.41) is 19.8. The van der Waals surface area contributed by atoms with Crippen LogP contribution in [0.15, 0.2) is 36.4 Å². The van der Waals surface area contributed by atoms with E-state index in [1.807, 2.05) is 30.3 Å². The first kappa shape index (κ1) is 15.5. The number of benzene rings is 2. The maximum absolute atomic E-state index is 10.8. The van der Waals surface area contributed by atoms with Gasteiger partial charge in [-0.25, -0.2) is 0 Å². The molecule has 0 amide bonds. The molecule has 0 fully saturated rings. The van der Waals surface area contributed by atoms with Gasteiger partial charge in [0.1, 0.15) is 22.5 Å². The molecule has 1 N–H and O–H groups in total. The lowest BCUT2D eigenvalue weighted by molar-refractivity contribution is 0.440. The third-order valence-electron chi connectivity index (χ3n) is 4.00. The molecule has 0 atom stereocenters. The lowest BCUT2D eigenvalue weighted by atomic mass is 9.84. The second-order valence-electron chi connectivity index (χ2n) is 6.99. The van der Waals surface area contributed by atoms with Gasteiger partial charge >= 0.3 is 0 Å². The topological polar surface area (TPSA) is 50.9 Å². The van der Waals surface area contributed by atoms with E-state index in [9.17, 15) is 5.11 Å². The summed E-state index contributed by atoms with van der Waals surface area (Å²) in [7, 11) is 0. The van der Waals surface area contributed by atoms with E-state index in [4.69, 9.17) is 0 Å². The highest BCUT2D eigenvalue weighted by Gasteiger charge is 2.23. The highest BCUT2D eigenvalue weighted by Crippen LogP contribution is 2.36. The largest absolute Gasteiger partial charge is 0.505 e. The van der Waals surface area contributed by atoms with Gasteiger partial charge in [-0.05, 0) is 35.6 Å².